The van der Waals surface area contributed by atoms with Gasteiger partial charge in [-0.2, -0.15) is 0 Å². The summed E-state index contributed by atoms with van der Waals surface area (Å²) in [6.07, 6.45) is 0. The monoisotopic (exact) mass is 343 g/mol. The average Bonchev–Trinajstić information content (AvgIpc) is 3.03. The van der Waals surface area contributed by atoms with E-state index in [1.54, 1.807) is 18.2 Å². The van der Waals surface area contributed by atoms with Crippen molar-refractivity contribution < 1.29 is 13.6 Å². The van der Waals surface area contributed by atoms with Gasteiger partial charge in [0.15, 0.2) is 5.76 Å². The summed E-state index contributed by atoms with van der Waals surface area (Å²) in [6, 6.07) is 13.3. The highest BCUT2D eigenvalue weighted by Gasteiger charge is 2.14. The second-order valence-electron chi connectivity index (χ2n) is 5.57. The Hall–Kier alpha value is -2.59. The number of nitrogens with one attached hydrogen (secondary N) is 1. The summed E-state index contributed by atoms with van der Waals surface area (Å²) in [6.45, 7) is 3.88. The van der Waals surface area contributed by atoms with Crippen LogP contribution in [0.5, 0.6) is 0 Å². The summed E-state index contributed by atoms with van der Waals surface area (Å²) >= 11 is 5.78. The van der Waals surface area contributed by atoms with Crippen molar-refractivity contribution in [3.8, 4) is 11.3 Å². The first kappa shape index (κ1) is 16.3. The lowest BCUT2D eigenvalue weighted by atomic mass is 10.1. The number of carbonyl (C=O) groups is 1. The molecule has 0 spiro atoms. The highest BCUT2D eigenvalue weighted by molar-refractivity contribution is 6.31. The molecule has 0 saturated heterocycles. The Balaban J connectivity index is 1.83. The smallest absolute Gasteiger partial charge is 0.291 e. The first-order valence-corrected chi connectivity index (χ1v) is 7.76. The molecular formula is C19H15ClFNO2. The number of carbonyl (C=O) groups excluding carboxylic acids is 1. The van der Waals surface area contributed by atoms with E-state index in [-0.39, 0.29) is 16.7 Å². The Bertz CT molecular complexity index is 917. The summed E-state index contributed by atoms with van der Waals surface area (Å²) in [5, 5.41) is 2.84. The molecule has 3 aromatic rings. The molecule has 0 saturated carbocycles. The largest absolute Gasteiger partial charge is 0.451 e. The Morgan fingerprint density at radius 2 is 1.88 bits per heavy atom. The molecule has 1 aromatic heterocycles. The van der Waals surface area contributed by atoms with E-state index in [2.05, 4.69) is 5.32 Å². The summed E-state index contributed by atoms with van der Waals surface area (Å²) in [5.74, 6) is -0.225. The number of anilines is 1. The summed E-state index contributed by atoms with van der Waals surface area (Å²) < 4.78 is 18.8. The molecule has 24 heavy (non-hydrogen) atoms. The van der Waals surface area contributed by atoms with E-state index < -0.39 is 5.82 Å². The number of halogens is 2. The maximum absolute atomic E-state index is 13.2. The Kier molecular flexibility index (Phi) is 4.40. The molecule has 1 heterocycles. The van der Waals surface area contributed by atoms with E-state index in [1.807, 2.05) is 32.0 Å². The third-order valence-corrected chi connectivity index (χ3v) is 3.96. The van der Waals surface area contributed by atoms with Crippen LogP contribution in [0.15, 0.2) is 52.9 Å². The van der Waals surface area contributed by atoms with Crippen LogP contribution in [-0.4, -0.2) is 5.91 Å². The number of furan rings is 1. The van der Waals surface area contributed by atoms with Gasteiger partial charge >= 0.3 is 0 Å². The van der Waals surface area contributed by atoms with Crippen LogP contribution >= 0.6 is 11.6 Å². The van der Waals surface area contributed by atoms with Gasteiger partial charge < -0.3 is 9.73 Å². The van der Waals surface area contributed by atoms with Crippen molar-refractivity contribution in [1.82, 2.24) is 0 Å². The van der Waals surface area contributed by atoms with Crippen LogP contribution in [0.2, 0.25) is 5.02 Å². The highest BCUT2D eigenvalue weighted by Crippen LogP contribution is 2.27. The van der Waals surface area contributed by atoms with Crippen LogP contribution in [-0.2, 0) is 0 Å². The van der Waals surface area contributed by atoms with Crippen molar-refractivity contribution in [2.45, 2.75) is 13.8 Å². The fraction of sp³-hybridized carbons (Fsp3) is 0.105. The van der Waals surface area contributed by atoms with Gasteiger partial charge in [-0.3, -0.25) is 4.79 Å². The molecule has 1 amide bonds. The fourth-order valence-corrected chi connectivity index (χ4v) is 2.50. The van der Waals surface area contributed by atoms with E-state index in [1.165, 1.54) is 12.1 Å². The second-order valence-corrected chi connectivity index (χ2v) is 5.97. The third kappa shape index (κ3) is 3.34. The van der Waals surface area contributed by atoms with Gasteiger partial charge in [-0.05, 0) is 61.4 Å². The molecule has 5 heteroatoms. The molecule has 2 aromatic carbocycles. The van der Waals surface area contributed by atoms with Gasteiger partial charge in [-0.1, -0.05) is 23.7 Å². The first-order valence-electron chi connectivity index (χ1n) is 7.38. The highest BCUT2D eigenvalue weighted by atomic mass is 35.5. The SMILES string of the molecule is Cc1ccc(C)c(NC(=O)c2ccc(-c3ccc(F)c(Cl)c3)o2)c1. The molecule has 3 nitrogen and oxygen atoms in total. The van der Waals surface area contributed by atoms with Crippen molar-refractivity contribution in [3.05, 3.63) is 76.3 Å². The lowest BCUT2D eigenvalue weighted by Gasteiger charge is -2.08. The van der Waals surface area contributed by atoms with E-state index >= 15 is 0 Å². The molecule has 0 radical (unpaired) electrons. The fourth-order valence-electron chi connectivity index (χ4n) is 2.32. The van der Waals surface area contributed by atoms with Crippen LogP contribution in [0.3, 0.4) is 0 Å². The molecular weight excluding hydrogens is 329 g/mol. The van der Waals surface area contributed by atoms with Crippen molar-refractivity contribution in [3.63, 3.8) is 0 Å². The van der Waals surface area contributed by atoms with Crippen LogP contribution in [0, 0.1) is 19.7 Å². The van der Waals surface area contributed by atoms with Gasteiger partial charge in [-0.25, -0.2) is 4.39 Å². The zero-order valence-electron chi connectivity index (χ0n) is 13.2. The maximum atomic E-state index is 13.2. The molecule has 0 aliphatic carbocycles. The predicted octanol–water partition coefficient (Wildman–Crippen LogP) is 5.61. The van der Waals surface area contributed by atoms with Crippen LogP contribution < -0.4 is 5.32 Å². The maximum Gasteiger partial charge on any atom is 0.291 e. The molecule has 3 rings (SSSR count). The topological polar surface area (TPSA) is 42.2 Å². The first-order chi connectivity index (χ1) is 11.4. The minimum absolute atomic E-state index is 0.00490. The van der Waals surface area contributed by atoms with Crippen molar-refractivity contribution in [2.75, 3.05) is 5.32 Å². The zero-order valence-corrected chi connectivity index (χ0v) is 13.9. The Morgan fingerprint density at radius 3 is 2.62 bits per heavy atom. The van der Waals surface area contributed by atoms with Gasteiger partial charge in [0.05, 0.1) is 5.02 Å². The van der Waals surface area contributed by atoms with Crippen molar-refractivity contribution in [1.29, 1.82) is 0 Å². The molecule has 0 aliphatic rings. The Labute approximate surface area is 144 Å². The predicted molar refractivity (Wildman–Crippen MR) is 93.0 cm³/mol. The second kappa shape index (κ2) is 6.49. The number of amides is 1. The number of hydrogen-bond acceptors (Lipinski definition) is 2. The van der Waals surface area contributed by atoms with E-state index in [4.69, 9.17) is 16.0 Å². The summed E-state index contributed by atoms with van der Waals surface area (Å²) in [5.41, 5.74) is 3.36. The molecule has 0 bridgehead atoms. The normalized spacial score (nSPS) is 10.7. The number of aryl methyl sites for hydroxylation is 2. The number of hydrogen-bond donors (Lipinski definition) is 1. The average molecular weight is 344 g/mol. The van der Waals surface area contributed by atoms with Gasteiger partial charge in [0.2, 0.25) is 0 Å². The van der Waals surface area contributed by atoms with Gasteiger partial charge in [0.1, 0.15) is 11.6 Å². The third-order valence-electron chi connectivity index (χ3n) is 3.68. The number of rotatable bonds is 3. The minimum atomic E-state index is -0.500. The zero-order chi connectivity index (χ0) is 17.3. The molecule has 0 atom stereocenters. The molecule has 0 fully saturated rings. The lowest BCUT2D eigenvalue weighted by Crippen LogP contribution is -2.11. The van der Waals surface area contributed by atoms with E-state index in [0.717, 1.165) is 16.8 Å². The standard InChI is InChI=1S/C19H15ClFNO2/c1-11-3-4-12(2)16(9-11)22-19(23)18-8-7-17(24-18)13-5-6-15(21)14(20)10-13/h3-10H,1-2H3,(H,22,23). The molecule has 0 unspecified atom stereocenters. The quantitative estimate of drug-likeness (QED) is 0.671. The van der Waals surface area contributed by atoms with Gasteiger partial charge in [-0.15, -0.1) is 0 Å². The lowest BCUT2D eigenvalue weighted by molar-refractivity contribution is 0.0997. The van der Waals surface area contributed by atoms with Crippen LogP contribution in [0.4, 0.5) is 10.1 Å². The Morgan fingerprint density at radius 1 is 1.08 bits per heavy atom. The molecule has 1 N–H and O–H groups in total. The van der Waals surface area contributed by atoms with E-state index in [9.17, 15) is 9.18 Å². The minimum Gasteiger partial charge on any atom is -0.451 e. The summed E-state index contributed by atoms with van der Waals surface area (Å²) in [4.78, 5) is 12.4. The van der Waals surface area contributed by atoms with Crippen LogP contribution in [0.1, 0.15) is 21.7 Å². The molecule has 122 valence electrons. The van der Waals surface area contributed by atoms with Gasteiger partial charge in [0, 0.05) is 11.3 Å². The van der Waals surface area contributed by atoms with Crippen molar-refractivity contribution >= 4 is 23.2 Å². The summed E-state index contributed by atoms with van der Waals surface area (Å²) in [7, 11) is 0. The van der Waals surface area contributed by atoms with Crippen LogP contribution in [0.25, 0.3) is 11.3 Å². The van der Waals surface area contributed by atoms with E-state index in [0.29, 0.717) is 11.3 Å². The van der Waals surface area contributed by atoms with Crippen molar-refractivity contribution in [2.24, 2.45) is 0 Å². The van der Waals surface area contributed by atoms with Gasteiger partial charge in [0.25, 0.3) is 5.91 Å². The molecule has 0 aliphatic heterocycles. The number of benzene rings is 2.